The third-order valence-corrected chi connectivity index (χ3v) is 7.88. The minimum absolute atomic E-state index is 0.303. The molecule has 3 nitrogen and oxygen atoms in total. The first-order valence-electron chi connectivity index (χ1n) is 11.7. The van der Waals surface area contributed by atoms with Crippen LogP contribution in [-0.2, 0) is 13.1 Å². The van der Waals surface area contributed by atoms with Crippen LogP contribution < -0.4 is 11.1 Å². The average molecular weight is 477 g/mol. The number of aromatic hydroxyl groups is 1. The van der Waals surface area contributed by atoms with Crippen LogP contribution in [0, 0.1) is 0 Å². The lowest BCUT2D eigenvalue weighted by molar-refractivity contribution is 0.372. The highest BCUT2D eigenvalue weighted by molar-refractivity contribution is 7.13. The summed E-state index contributed by atoms with van der Waals surface area (Å²) in [6.45, 7) is 1.37. The van der Waals surface area contributed by atoms with Gasteiger partial charge in [-0.3, -0.25) is 0 Å². The molecular weight excluding hydrogens is 444 g/mol. The molecule has 1 fully saturated rings. The molecule has 0 atom stereocenters. The van der Waals surface area contributed by atoms with Crippen LogP contribution >= 0.6 is 22.7 Å². The van der Waals surface area contributed by atoms with E-state index in [-0.39, 0.29) is 0 Å². The van der Waals surface area contributed by atoms with Crippen molar-refractivity contribution in [2.45, 2.75) is 51.2 Å². The topological polar surface area (TPSA) is 58.3 Å². The third-order valence-electron chi connectivity index (χ3n) is 6.06. The van der Waals surface area contributed by atoms with Crippen molar-refractivity contribution in [1.29, 1.82) is 0 Å². The summed E-state index contributed by atoms with van der Waals surface area (Å²) in [5, 5.41) is 17.7. The Hall–Kier alpha value is -2.44. The Morgan fingerprint density at radius 1 is 0.848 bits per heavy atom. The molecule has 0 aliphatic heterocycles. The Bertz CT molecular complexity index is 1100. The molecule has 0 radical (unpaired) electrons. The largest absolute Gasteiger partial charge is 0.507 e. The number of benzene rings is 2. The molecule has 2 aromatic carbocycles. The summed E-state index contributed by atoms with van der Waals surface area (Å²) < 4.78 is 0. The van der Waals surface area contributed by atoms with Crippen LogP contribution in [0.4, 0.5) is 0 Å². The van der Waals surface area contributed by atoms with Gasteiger partial charge in [-0.1, -0.05) is 61.7 Å². The van der Waals surface area contributed by atoms with Crippen molar-refractivity contribution in [1.82, 2.24) is 5.32 Å². The Morgan fingerprint density at radius 3 is 2.27 bits per heavy atom. The van der Waals surface area contributed by atoms with Gasteiger partial charge in [-0.15, -0.1) is 22.7 Å². The molecule has 4 N–H and O–H groups in total. The maximum atomic E-state index is 9.89. The first-order chi connectivity index (χ1) is 16.2. The van der Waals surface area contributed by atoms with Gasteiger partial charge in [0.2, 0.25) is 0 Å². The summed E-state index contributed by atoms with van der Waals surface area (Å²) in [5.74, 6) is 0.303. The van der Waals surface area contributed by atoms with Crippen LogP contribution in [0.15, 0.2) is 77.5 Å². The van der Waals surface area contributed by atoms with Crippen molar-refractivity contribution in [2.75, 3.05) is 0 Å². The first kappa shape index (κ1) is 23.7. The quantitative estimate of drug-likeness (QED) is 0.271. The van der Waals surface area contributed by atoms with Crippen molar-refractivity contribution < 1.29 is 5.11 Å². The summed E-state index contributed by atoms with van der Waals surface area (Å²) in [6.07, 6.45) is 6.92. The van der Waals surface area contributed by atoms with Crippen molar-refractivity contribution in [3.8, 4) is 26.6 Å². The van der Waals surface area contributed by atoms with E-state index >= 15 is 0 Å². The van der Waals surface area contributed by atoms with E-state index in [0.29, 0.717) is 12.3 Å². The van der Waals surface area contributed by atoms with E-state index in [2.05, 4.69) is 47.1 Å². The Balaban J connectivity index is 0.000000165. The number of hydrogen-bond donors (Lipinski definition) is 3. The van der Waals surface area contributed by atoms with Crippen LogP contribution in [0.3, 0.4) is 0 Å². The molecule has 1 aliphatic rings. The lowest BCUT2D eigenvalue weighted by Gasteiger charge is -2.23. The molecule has 33 heavy (non-hydrogen) atoms. The summed E-state index contributed by atoms with van der Waals surface area (Å²) in [5.41, 5.74) is 9.91. The second-order valence-electron chi connectivity index (χ2n) is 8.39. The lowest BCUT2D eigenvalue weighted by atomic mass is 9.95. The summed E-state index contributed by atoms with van der Waals surface area (Å²) >= 11 is 3.42. The minimum atomic E-state index is 0.303. The molecule has 0 amide bonds. The van der Waals surface area contributed by atoms with Crippen molar-refractivity contribution in [2.24, 2.45) is 5.73 Å². The number of nitrogens with two attached hydrogens (primary N) is 1. The zero-order valence-electron chi connectivity index (χ0n) is 18.9. The highest BCUT2D eigenvalue weighted by atomic mass is 32.1. The monoisotopic (exact) mass is 476 g/mol. The Morgan fingerprint density at radius 2 is 1.58 bits per heavy atom. The van der Waals surface area contributed by atoms with E-state index in [0.717, 1.165) is 28.6 Å². The predicted octanol–water partition coefficient (Wildman–Crippen LogP) is 7.42. The van der Waals surface area contributed by atoms with Crippen LogP contribution in [0.1, 0.15) is 43.2 Å². The highest BCUT2D eigenvalue weighted by Crippen LogP contribution is 2.34. The van der Waals surface area contributed by atoms with E-state index in [1.807, 2.05) is 47.0 Å². The van der Waals surface area contributed by atoms with E-state index < -0.39 is 0 Å². The molecule has 0 bridgehead atoms. The molecule has 0 unspecified atom stereocenters. The van der Waals surface area contributed by atoms with Crippen LogP contribution in [0.25, 0.3) is 20.9 Å². The van der Waals surface area contributed by atoms with Gasteiger partial charge in [0.15, 0.2) is 0 Å². The summed E-state index contributed by atoms with van der Waals surface area (Å²) in [4.78, 5) is 2.43. The second kappa shape index (κ2) is 12.1. The van der Waals surface area contributed by atoms with Crippen molar-refractivity contribution >= 4 is 22.7 Å². The molecule has 4 aromatic rings. The minimum Gasteiger partial charge on any atom is -0.507 e. The first-order valence-corrected chi connectivity index (χ1v) is 13.4. The summed E-state index contributed by atoms with van der Waals surface area (Å²) in [7, 11) is 0. The van der Waals surface area contributed by atoms with E-state index in [1.54, 1.807) is 11.3 Å². The Kier molecular flexibility index (Phi) is 8.72. The summed E-state index contributed by atoms with van der Waals surface area (Å²) in [6, 6.07) is 23.6. The number of phenols is 1. The molecule has 2 heterocycles. The van der Waals surface area contributed by atoms with Gasteiger partial charge >= 0.3 is 0 Å². The maximum absolute atomic E-state index is 9.89. The van der Waals surface area contributed by atoms with Gasteiger partial charge in [0.1, 0.15) is 5.75 Å². The molecular formula is C28H32N2OS2. The van der Waals surface area contributed by atoms with Crippen molar-refractivity contribution in [3.05, 3.63) is 88.6 Å². The zero-order valence-corrected chi connectivity index (χ0v) is 20.5. The molecule has 2 aromatic heterocycles. The van der Waals surface area contributed by atoms with Gasteiger partial charge in [0.05, 0.1) is 0 Å². The number of hydrogen-bond acceptors (Lipinski definition) is 5. The van der Waals surface area contributed by atoms with Crippen LogP contribution in [0.5, 0.6) is 5.75 Å². The molecule has 5 rings (SSSR count). The molecule has 0 saturated heterocycles. The molecule has 1 aliphatic carbocycles. The lowest BCUT2D eigenvalue weighted by Crippen LogP contribution is -2.30. The highest BCUT2D eigenvalue weighted by Gasteiger charge is 2.12. The van der Waals surface area contributed by atoms with E-state index in [1.165, 1.54) is 48.1 Å². The number of rotatable bonds is 6. The fourth-order valence-corrected chi connectivity index (χ4v) is 5.71. The van der Waals surface area contributed by atoms with Crippen molar-refractivity contribution in [3.63, 3.8) is 0 Å². The van der Waals surface area contributed by atoms with Crippen LogP contribution in [-0.4, -0.2) is 11.1 Å². The van der Waals surface area contributed by atoms with Gasteiger partial charge in [-0.25, -0.2) is 0 Å². The van der Waals surface area contributed by atoms with Gasteiger partial charge in [0.25, 0.3) is 0 Å². The number of nitrogens with one attached hydrogen (secondary N) is 1. The third kappa shape index (κ3) is 6.55. The fraction of sp³-hybridized carbons (Fsp3) is 0.286. The number of thiophene rings is 2. The molecule has 5 heteroatoms. The van der Waals surface area contributed by atoms with Gasteiger partial charge < -0.3 is 16.2 Å². The number of para-hydroxylation sites is 1. The maximum Gasteiger partial charge on any atom is 0.128 e. The number of phenolic OH excluding ortho intramolecular Hbond substituents is 1. The van der Waals surface area contributed by atoms with E-state index in [9.17, 15) is 5.11 Å². The van der Waals surface area contributed by atoms with Gasteiger partial charge in [-0.2, -0.15) is 0 Å². The average Bonchev–Trinajstić information content (AvgIpc) is 3.59. The fourth-order valence-electron chi connectivity index (χ4n) is 4.23. The zero-order chi connectivity index (χ0) is 22.9. The van der Waals surface area contributed by atoms with Crippen LogP contribution in [0.2, 0.25) is 0 Å². The normalized spacial score (nSPS) is 14.0. The second-order valence-corrected chi connectivity index (χ2v) is 10.3. The molecule has 0 spiro atoms. The standard InChI is InChI=1S/C17H21NS.C11H11NOS/c1-2-8-16(9-3-1)18-13-14-6-4-7-15(12-14)17-10-5-11-19-17;12-7-8-3-1-4-9(11(8)13)10-5-2-6-14-10/h4-7,10-12,16,18H,1-3,8-9,13H2;1-6,13H,7,12H2. The van der Waals surface area contributed by atoms with E-state index in [4.69, 9.17) is 5.73 Å². The predicted molar refractivity (Wildman–Crippen MR) is 143 cm³/mol. The Labute approximate surface area is 204 Å². The van der Waals surface area contributed by atoms with Gasteiger partial charge in [-0.05, 0) is 59.0 Å². The smallest absolute Gasteiger partial charge is 0.128 e. The molecule has 172 valence electrons. The SMILES string of the molecule is NCc1cccc(-c2cccs2)c1O.c1cc(CNC2CCCCC2)cc(-c2cccs2)c1. The molecule has 1 saturated carbocycles. The van der Waals surface area contributed by atoms with Gasteiger partial charge in [0, 0.05) is 40.0 Å².